The van der Waals surface area contributed by atoms with Crippen LogP contribution in [0.3, 0.4) is 0 Å². The van der Waals surface area contributed by atoms with E-state index >= 15 is 0 Å². The average molecular weight is 466 g/mol. The second-order valence-electron chi connectivity index (χ2n) is 7.77. The summed E-state index contributed by atoms with van der Waals surface area (Å²) in [5, 5.41) is 13.0. The molecule has 1 aliphatic carbocycles. The van der Waals surface area contributed by atoms with Crippen molar-refractivity contribution in [2.24, 2.45) is 0 Å². The summed E-state index contributed by atoms with van der Waals surface area (Å²) in [6.07, 6.45) is -0.988. The first-order valence-electron chi connectivity index (χ1n) is 10.4. The quantitative estimate of drug-likeness (QED) is 0.495. The summed E-state index contributed by atoms with van der Waals surface area (Å²) < 4.78 is 34.3. The van der Waals surface area contributed by atoms with Gasteiger partial charge >= 0.3 is 12.1 Å². The van der Waals surface area contributed by atoms with E-state index < -0.39 is 46.9 Å². The Morgan fingerprint density at radius 1 is 0.971 bits per heavy atom. The highest BCUT2D eigenvalue weighted by molar-refractivity contribution is 5.98. The highest BCUT2D eigenvalue weighted by atomic mass is 19.1. The first kappa shape index (κ1) is 22.9. The number of hydrogen-bond donors (Lipinski definition) is 3. The molecule has 174 valence electrons. The zero-order valence-electron chi connectivity index (χ0n) is 18.0. The van der Waals surface area contributed by atoms with E-state index in [-0.39, 0.29) is 12.5 Å². The topological polar surface area (TPSA) is 105 Å². The van der Waals surface area contributed by atoms with Crippen LogP contribution in [0.4, 0.5) is 19.3 Å². The molecule has 34 heavy (non-hydrogen) atoms. The van der Waals surface area contributed by atoms with Crippen LogP contribution in [0.25, 0.3) is 11.1 Å². The molecular weight excluding hydrogens is 446 g/mol. The molecule has 1 atom stereocenters. The largest absolute Gasteiger partial charge is 0.480 e. The number of aliphatic carboxylic acids is 1. The third-order valence-corrected chi connectivity index (χ3v) is 5.62. The fraction of sp³-hybridized carbons (Fsp3) is 0.160. The number of ether oxygens (including phenoxy) is 1. The molecule has 2 amide bonds. The van der Waals surface area contributed by atoms with Crippen LogP contribution in [0.15, 0.2) is 60.7 Å². The van der Waals surface area contributed by atoms with E-state index in [0.717, 1.165) is 41.3 Å². The summed E-state index contributed by atoms with van der Waals surface area (Å²) in [4.78, 5) is 35.5. The predicted molar refractivity (Wildman–Crippen MR) is 120 cm³/mol. The van der Waals surface area contributed by atoms with Crippen LogP contribution in [-0.4, -0.2) is 35.7 Å². The van der Waals surface area contributed by atoms with Gasteiger partial charge in [-0.25, -0.2) is 13.6 Å². The maximum Gasteiger partial charge on any atom is 0.411 e. The van der Waals surface area contributed by atoms with Crippen LogP contribution in [0.1, 0.15) is 34.3 Å². The highest BCUT2D eigenvalue weighted by Crippen LogP contribution is 2.44. The van der Waals surface area contributed by atoms with Crippen molar-refractivity contribution in [2.75, 3.05) is 11.9 Å². The van der Waals surface area contributed by atoms with Crippen molar-refractivity contribution in [1.82, 2.24) is 5.32 Å². The normalized spacial score (nSPS) is 12.9. The third-order valence-electron chi connectivity index (χ3n) is 5.62. The molecule has 0 heterocycles. The van der Waals surface area contributed by atoms with Crippen molar-refractivity contribution < 1.29 is 33.0 Å². The number of nitrogens with one attached hydrogen (secondary N) is 2. The van der Waals surface area contributed by atoms with E-state index in [1.165, 1.54) is 0 Å². The number of anilines is 1. The summed E-state index contributed by atoms with van der Waals surface area (Å²) in [7, 11) is 0. The number of hydrogen-bond acceptors (Lipinski definition) is 4. The fourth-order valence-corrected chi connectivity index (χ4v) is 3.93. The van der Waals surface area contributed by atoms with Crippen molar-refractivity contribution in [3.05, 3.63) is 89.0 Å². The Hall–Kier alpha value is -4.27. The molecule has 7 nitrogen and oxygen atoms in total. The number of amides is 2. The van der Waals surface area contributed by atoms with Gasteiger partial charge in [0.25, 0.3) is 5.91 Å². The van der Waals surface area contributed by atoms with Crippen molar-refractivity contribution >= 4 is 23.7 Å². The third kappa shape index (κ3) is 4.32. The maximum absolute atomic E-state index is 14.8. The van der Waals surface area contributed by atoms with Crippen LogP contribution < -0.4 is 10.6 Å². The zero-order chi connectivity index (χ0) is 24.4. The lowest BCUT2D eigenvalue weighted by Crippen LogP contribution is -2.39. The Kier molecular flexibility index (Phi) is 6.27. The summed E-state index contributed by atoms with van der Waals surface area (Å²) in [5.74, 6) is -5.40. The number of carbonyl (C=O) groups is 3. The van der Waals surface area contributed by atoms with Gasteiger partial charge < -0.3 is 15.2 Å². The summed E-state index contributed by atoms with van der Waals surface area (Å²) in [6, 6.07) is 15.9. The molecule has 0 fully saturated rings. The number of fused-ring (bicyclic) bond motifs is 3. The average Bonchev–Trinajstić information content (AvgIpc) is 3.13. The van der Waals surface area contributed by atoms with Gasteiger partial charge in [0.15, 0.2) is 5.82 Å². The second kappa shape index (κ2) is 9.30. The molecule has 0 aromatic heterocycles. The van der Waals surface area contributed by atoms with E-state index in [9.17, 15) is 23.2 Å². The standard InChI is InChI=1S/C25H20F2N2O5/c1-13(24(31)32)28-23(30)21-19(26)10-11-20(22(21)27)29-25(33)34-12-18-16-8-4-2-6-14(16)15-7-3-5-9-17(15)18/h2-11,13,18H,12H2,1H3,(H,28,30)(H,29,33)(H,31,32)/t13-/m0/s1. The van der Waals surface area contributed by atoms with Gasteiger partial charge in [-0.1, -0.05) is 48.5 Å². The van der Waals surface area contributed by atoms with Crippen LogP contribution in [-0.2, 0) is 9.53 Å². The molecule has 3 N–H and O–H groups in total. The molecule has 0 aliphatic heterocycles. The number of halogens is 2. The number of carboxylic acids is 1. The SMILES string of the molecule is C[C@H](NC(=O)c1c(F)ccc(NC(=O)OCC2c3ccccc3-c3ccccc32)c1F)C(=O)O. The Balaban J connectivity index is 1.48. The minimum Gasteiger partial charge on any atom is -0.480 e. The Bertz CT molecular complexity index is 1250. The first-order chi connectivity index (χ1) is 16.3. The number of rotatable bonds is 6. The fourth-order valence-electron chi connectivity index (χ4n) is 3.93. The van der Waals surface area contributed by atoms with E-state index in [0.29, 0.717) is 0 Å². The maximum atomic E-state index is 14.8. The van der Waals surface area contributed by atoms with Crippen LogP contribution in [0.5, 0.6) is 0 Å². The van der Waals surface area contributed by atoms with Gasteiger partial charge in [-0.15, -0.1) is 0 Å². The van der Waals surface area contributed by atoms with Crippen LogP contribution in [0.2, 0.25) is 0 Å². The first-order valence-corrected chi connectivity index (χ1v) is 10.4. The summed E-state index contributed by atoms with van der Waals surface area (Å²) >= 11 is 0. The number of carboxylic acid groups (broad SMARTS) is 1. The molecule has 0 spiro atoms. The molecule has 4 rings (SSSR count). The molecule has 0 saturated heterocycles. The van der Waals surface area contributed by atoms with Gasteiger partial charge in [0, 0.05) is 5.92 Å². The predicted octanol–water partition coefficient (Wildman–Crippen LogP) is 4.53. The lowest BCUT2D eigenvalue weighted by molar-refractivity contribution is -0.138. The molecule has 0 radical (unpaired) electrons. The molecule has 9 heteroatoms. The van der Waals surface area contributed by atoms with Gasteiger partial charge in [0.05, 0.1) is 5.69 Å². The smallest absolute Gasteiger partial charge is 0.411 e. The minimum atomic E-state index is -1.37. The van der Waals surface area contributed by atoms with Crippen molar-refractivity contribution in [2.45, 2.75) is 18.9 Å². The molecular formula is C25H20F2N2O5. The monoisotopic (exact) mass is 466 g/mol. The summed E-state index contributed by atoms with van der Waals surface area (Å²) in [5.41, 5.74) is 2.59. The second-order valence-corrected chi connectivity index (χ2v) is 7.77. The number of carbonyl (C=O) groups excluding carboxylic acids is 2. The van der Waals surface area contributed by atoms with Gasteiger partial charge in [0.2, 0.25) is 0 Å². The highest BCUT2D eigenvalue weighted by Gasteiger charge is 2.29. The van der Waals surface area contributed by atoms with Gasteiger partial charge in [-0.3, -0.25) is 14.9 Å². The van der Waals surface area contributed by atoms with E-state index in [4.69, 9.17) is 9.84 Å². The van der Waals surface area contributed by atoms with E-state index in [1.807, 2.05) is 53.8 Å². The molecule has 3 aromatic carbocycles. The molecule has 0 bridgehead atoms. The number of benzene rings is 3. The molecule has 1 aliphatic rings. The Morgan fingerprint density at radius 3 is 2.15 bits per heavy atom. The lowest BCUT2D eigenvalue weighted by atomic mass is 9.98. The van der Waals surface area contributed by atoms with Gasteiger partial charge in [-0.2, -0.15) is 0 Å². The molecule has 0 saturated carbocycles. The van der Waals surface area contributed by atoms with Crippen LogP contribution in [0, 0.1) is 11.6 Å². The summed E-state index contributed by atoms with van der Waals surface area (Å²) in [6.45, 7) is 1.13. The van der Waals surface area contributed by atoms with Gasteiger partial charge in [-0.05, 0) is 41.3 Å². The lowest BCUT2D eigenvalue weighted by Gasteiger charge is -2.16. The minimum absolute atomic E-state index is 0.0217. The van der Waals surface area contributed by atoms with Gasteiger partial charge in [0.1, 0.15) is 24.0 Å². The zero-order valence-corrected chi connectivity index (χ0v) is 18.0. The van der Waals surface area contributed by atoms with Crippen molar-refractivity contribution in [1.29, 1.82) is 0 Å². The van der Waals surface area contributed by atoms with E-state index in [1.54, 1.807) is 0 Å². The van der Waals surface area contributed by atoms with Crippen molar-refractivity contribution in [3.8, 4) is 11.1 Å². The molecule has 3 aromatic rings. The Morgan fingerprint density at radius 2 is 1.56 bits per heavy atom. The Labute approximate surface area is 193 Å². The van der Waals surface area contributed by atoms with Crippen LogP contribution >= 0.6 is 0 Å². The van der Waals surface area contributed by atoms with E-state index in [2.05, 4.69) is 5.32 Å². The van der Waals surface area contributed by atoms with Crippen molar-refractivity contribution in [3.63, 3.8) is 0 Å². The molecule has 0 unspecified atom stereocenters.